The van der Waals surface area contributed by atoms with Crippen LogP contribution in [0.1, 0.15) is 0 Å². The van der Waals surface area contributed by atoms with Crippen molar-refractivity contribution in [2.75, 3.05) is 4.90 Å². The predicted molar refractivity (Wildman–Crippen MR) is 186 cm³/mol. The van der Waals surface area contributed by atoms with Crippen molar-refractivity contribution in [3.05, 3.63) is 182 Å². The molecule has 1 aromatic heterocycles. The lowest BCUT2D eigenvalue weighted by atomic mass is 9.98. The van der Waals surface area contributed by atoms with Crippen molar-refractivity contribution in [3.63, 3.8) is 0 Å². The molecule has 2 heteroatoms. The highest BCUT2D eigenvalue weighted by Gasteiger charge is 2.20. The summed E-state index contributed by atoms with van der Waals surface area (Å²) in [5.74, 6) is 0. The number of anilines is 3. The molecular weight excluding hydrogens is 532 g/mol. The fourth-order valence-electron chi connectivity index (χ4n) is 6.42. The second kappa shape index (κ2) is 11.1. The van der Waals surface area contributed by atoms with Crippen molar-refractivity contribution in [3.8, 4) is 27.9 Å². The highest BCUT2D eigenvalue weighted by atomic mass is 15.1. The summed E-state index contributed by atoms with van der Waals surface area (Å²) in [4.78, 5) is 2.39. The third-order valence-electron chi connectivity index (χ3n) is 8.41. The second-order valence-corrected chi connectivity index (χ2v) is 11.0. The molecule has 8 aromatic rings. The summed E-state index contributed by atoms with van der Waals surface area (Å²) in [6.07, 6.45) is 0. The zero-order valence-electron chi connectivity index (χ0n) is 24.2. The topological polar surface area (TPSA) is 8.17 Å². The summed E-state index contributed by atoms with van der Waals surface area (Å²) >= 11 is 0. The van der Waals surface area contributed by atoms with E-state index in [4.69, 9.17) is 0 Å². The normalized spacial score (nSPS) is 11.2. The zero-order chi connectivity index (χ0) is 29.3. The van der Waals surface area contributed by atoms with Crippen LogP contribution in [-0.4, -0.2) is 4.57 Å². The molecule has 0 spiro atoms. The van der Waals surface area contributed by atoms with Crippen LogP contribution < -0.4 is 4.90 Å². The molecule has 208 valence electrons. The van der Waals surface area contributed by atoms with Gasteiger partial charge >= 0.3 is 0 Å². The molecule has 0 saturated heterocycles. The van der Waals surface area contributed by atoms with Crippen LogP contribution in [0.15, 0.2) is 182 Å². The summed E-state index contributed by atoms with van der Waals surface area (Å²) in [6.45, 7) is 0. The maximum atomic E-state index is 2.39. The number of hydrogen-bond donors (Lipinski definition) is 0. The minimum atomic E-state index is 1.12. The maximum absolute atomic E-state index is 2.39. The van der Waals surface area contributed by atoms with Crippen molar-refractivity contribution in [2.24, 2.45) is 0 Å². The Balaban J connectivity index is 1.28. The van der Waals surface area contributed by atoms with Gasteiger partial charge in [0.25, 0.3) is 0 Å². The number of para-hydroxylation sites is 5. The smallest absolute Gasteiger partial charge is 0.0541 e. The van der Waals surface area contributed by atoms with E-state index in [1.165, 1.54) is 44.1 Å². The molecule has 44 heavy (non-hydrogen) atoms. The van der Waals surface area contributed by atoms with Gasteiger partial charge in [0.1, 0.15) is 0 Å². The average Bonchev–Trinajstić information content (AvgIpc) is 3.44. The first-order chi connectivity index (χ1) is 21.9. The monoisotopic (exact) mass is 562 g/mol. The molecule has 0 fully saturated rings. The lowest BCUT2D eigenvalue weighted by molar-refractivity contribution is 1.18. The van der Waals surface area contributed by atoms with Gasteiger partial charge in [-0.1, -0.05) is 133 Å². The van der Waals surface area contributed by atoms with E-state index < -0.39 is 0 Å². The molecule has 0 N–H and O–H groups in total. The van der Waals surface area contributed by atoms with Crippen molar-refractivity contribution >= 4 is 38.9 Å². The number of nitrogens with zero attached hydrogens (tertiary/aromatic N) is 2. The molecule has 0 amide bonds. The number of rotatable bonds is 6. The van der Waals surface area contributed by atoms with Gasteiger partial charge in [-0.15, -0.1) is 0 Å². The molecule has 7 aromatic carbocycles. The van der Waals surface area contributed by atoms with Gasteiger partial charge in [0, 0.05) is 33.3 Å². The summed E-state index contributed by atoms with van der Waals surface area (Å²) < 4.78 is 2.37. The summed E-state index contributed by atoms with van der Waals surface area (Å²) in [6, 6.07) is 65.0. The Hall–Kier alpha value is -5.86. The quantitative estimate of drug-likeness (QED) is 0.196. The lowest BCUT2D eigenvalue weighted by Crippen LogP contribution is -2.12. The highest BCUT2D eigenvalue weighted by Crippen LogP contribution is 2.44. The van der Waals surface area contributed by atoms with Crippen molar-refractivity contribution < 1.29 is 0 Å². The molecule has 0 aliphatic heterocycles. The SMILES string of the molecule is c1ccc(-c2ccccc2N(c2ccccc2)c2ccccc2-c2ccc(-n3c4ccccc4c4ccccc43)cc2)cc1. The van der Waals surface area contributed by atoms with Gasteiger partial charge in [-0.3, -0.25) is 0 Å². The minimum Gasteiger partial charge on any atom is -0.309 e. The van der Waals surface area contributed by atoms with E-state index in [1.807, 2.05) is 0 Å². The van der Waals surface area contributed by atoms with Crippen LogP contribution in [-0.2, 0) is 0 Å². The molecular formula is C42H30N2. The molecule has 8 rings (SSSR count). The van der Waals surface area contributed by atoms with Crippen LogP contribution in [0.2, 0.25) is 0 Å². The van der Waals surface area contributed by atoms with Crippen LogP contribution in [0.3, 0.4) is 0 Å². The first-order valence-electron chi connectivity index (χ1n) is 15.0. The van der Waals surface area contributed by atoms with E-state index in [1.54, 1.807) is 0 Å². The number of hydrogen-bond acceptors (Lipinski definition) is 1. The Bertz CT molecular complexity index is 2160. The van der Waals surface area contributed by atoms with Crippen molar-refractivity contribution in [1.29, 1.82) is 0 Å². The first-order valence-corrected chi connectivity index (χ1v) is 15.0. The molecule has 0 radical (unpaired) electrons. The Kier molecular flexibility index (Phi) is 6.51. The van der Waals surface area contributed by atoms with Gasteiger partial charge in [0.15, 0.2) is 0 Å². The van der Waals surface area contributed by atoms with Crippen molar-refractivity contribution in [2.45, 2.75) is 0 Å². The van der Waals surface area contributed by atoms with E-state index >= 15 is 0 Å². The second-order valence-electron chi connectivity index (χ2n) is 11.0. The maximum Gasteiger partial charge on any atom is 0.0541 e. The van der Waals surface area contributed by atoms with Gasteiger partial charge in [-0.05, 0) is 59.7 Å². The Labute approximate surface area is 257 Å². The third kappa shape index (κ3) is 4.45. The molecule has 0 unspecified atom stereocenters. The fraction of sp³-hybridized carbons (Fsp3) is 0. The third-order valence-corrected chi connectivity index (χ3v) is 8.41. The van der Waals surface area contributed by atoms with Gasteiger partial charge in [0.2, 0.25) is 0 Å². The molecule has 0 aliphatic carbocycles. The molecule has 0 bridgehead atoms. The number of fused-ring (bicyclic) bond motifs is 3. The number of aromatic nitrogens is 1. The van der Waals surface area contributed by atoms with E-state index in [2.05, 4.69) is 191 Å². The largest absolute Gasteiger partial charge is 0.309 e. The van der Waals surface area contributed by atoms with Crippen LogP contribution in [0.5, 0.6) is 0 Å². The van der Waals surface area contributed by atoms with E-state index in [0.717, 1.165) is 22.7 Å². The van der Waals surface area contributed by atoms with Gasteiger partial charge in [0.05, 0.1) is 22.4 Å². The lowest BCUT2D eigenvalue weighted by Gasteiger charge is -2.30. The Morgan fingerprint density at radius 1 is 0.341 bits per heavy atom. The average molecular weight is 563 g/mol. The molecule has 0 atom stereocenters. The van der Waals surface area contributed by atoms with Crippen LogP contribution >= 0.6 is 0 Å². The molecule has 0 saturated carbocycles. The summed E-state index contributed by atoms with van der Waals surface area (Å²) in [5, 5.41) is 2.54. The van der Waals surface area contributed by atoms with E-state index in [-0.39, 0.29) is 0 Å². The summed E-state index contributed by atoms with van der Waals surface area (Å²) in [5.41, 5.74) is 11.7. The predicted octanol–water partition coefficient (Wildman–Crippen LogP) is 11.6. The van der Waals surface area contributed by atoms with Gasteiger partial charge < -0.3 is 9.47 Å². The Morgan fingerprint density at radius 3 is 1.34 bits per heavy atom. The molecule has 1 heterocycles. The van der Waals surface area contributed by atoms with Crippen LogP contribution in [0.25, 0.3) is 49.7 Å². The van der Waals surface area contributed by atoms with Crippen molar-refractivity contribution in [1.82, 2.24) is 4.57 Å². The molecule has 2 nitrogen and oxygen atoms in total. The summed E-state index contributed by atoms with van der Waals surface area (Å²) in [7, 11) is 0. The Morgan fingerprint density at radius 2 is 0.773 bits per heavy atom. The molecule has 0 aliphatic rings. The van der Waals surface area contributed by atoms with Crippen LogP contribution in [0.4, 0.5) is 17.1 Å². The highest BCUT2D eigenvalue weighted by molar-refractivity contribution is 6.09. The fourth-order valence-corrected chi connectivity index (χ4v) is 6.42. The standard InChI is InChI=1S/C42H30N2/c1-3-15-31(16-4-1)35-19-7-11-23-39(35)43(33-17-5-2-6-18-33)40-24-12-8-20-36(40)32-27-29-34(30-28-32)44-41-25-13-9-21-37(41)38-22-10-14-26-42(38)44/h1-30H. The van der Waals surface area contributed by atoms with Gasteiger partial charge in [-0.2, -0.15) is 0 Å². The van der Waals surface area contributed by atoms with E-state index in [0.29, 0.717) is 0 Å². The first kappa shape index (κ1) is 25.8. The van der Waals surface area contributed by atoms with Crippen LogP contribution in [0, 0.1) is 0 Å². The number of benzene rings is 7. The minimum absolute atomic E-state index is 1.12. The van der Waals surface area contributed by atoms with Gasteiger partial charge in [-0.25, -0.2) is 0 Å². The zero-order valence-corrected chi connectivity index (χ0v) is 24.2. The van der Waals surface area contributed by atoms with E-state index in [9.17, 15) is 0 Å².